The molecule has 2 nitrogen and oxygen atoms in total. The number of rotatable bonds is 4. The Morgan fingerprint density at radius 3 is 2.46 bits per heavy atom. The van der Waals surface area contributed by atoms with Gasteiger partial charge in [0, 0.05) is 14.2 Å². The van der Waals surface area contributed by atoms with Crippen LogP contribution < -0.4 is 0 Å². The molecule has 2 aliphatic carbocycles. The van der Waals surface area contributed by atoms with Gasteiger partial charge in [-0.1, -0.05) is 12.2 Å². The molecule has 13 heavy (non-hydrogen) atoms. The molecule has 0 aliphatic heterocycles. The van der Waals surface area contributed by atoms with E-state index < -0.39 is 0 Å². The third-order valence-corrected chi connectivity index (χ3v) is 3.44. The molecule has 3 heteroatoms. The highest BCUT2D eigenvalue weighted by Crippen LogP contribution is 2.45. The summed E-state index contributed by atoms with van der Waals surface area (Å²) in [5.41, 5.74) is 0. The first-order chi connectivity index (χ1) is 6.33. The van der Waals surface area contributed by atoms with Gasteiger partial charge in [0.15, 0.2) is 0 Å². The van der Waals surface area contributed by atoms with Crippen molar-refractivity contribution in [2.45, 2.75) is 19.2 Å². The summed E-state index contributed by atoms with van der Waals surface area (Å²) in [6.45, 7) is 0. The van der Waals surface area contributed by atoms with Crippen LogP contribution in [0.4, 0.5) is 0 Å². The molecule has 72 valence electrons. The number of fused-ring (bicyclic) bond motifs is 2. The standard InChI is InChI=1S/C10H17BO2/c1-12-11(13-2)7-10-6-8-3-4-9(10)5-8/h3-4,8-10H,5-7H2,1-2H3. The van der Waals surface area contributed by atoms with E-state index in [0.29, 0.717) is 0 Å². The van der Waals surface area contributed by atoms with Gasteiger partial charge < -0.3 is 9.31 Å². The predicted octanol–water partition coefficient (Wildman–Crippen LogP) is 1.98. The lowest BCUT2D eigenvalue weighted by Gasteiger charge is -2.19. The van der Waals surface area contributed by atoms with E-state index in [1.165, 1.54) is 12.8 Å². The minimum Gasteiger partial charge on any atom is -0.414 e. The molecule has 0 aromatic rings. The van der Waals surface area contributed by atoms with Gasteiger partial charge in [-0.3, -0.25) is 0 Å². The first kappa shape index (κ1) is 9.29. The van der Waals surface area contributed by atoms with E-state index in [9.17, 15) is 0 Å². The summed E-state index contributed by atoms with van der Waals surface area (Å²) in [5, 5.41) is 0. The highest BCUT2D eigenvalue weighted by atomic mass is 16.6. The number of hydrogen-bond donors (Lipinski definition) is 0. The van der Waals surface area contributed by atoms with Crippen LogP contribution in [0.1, 0.15) is 12.8 Å². The van der Waals surface area contributed by atoms with Crippen LogP contribution in [0.3, 0.4) is 0 Å². The fourth-order valence-electron chi connectivity index (χ4n) is 2.70. The SMILES string of the molecule is COB(CC1CC2C=CC1C2)OC. The molecule has 2 bridgehead atoms. The summed E-state index contributed by atoms with van der Waals surface area (Å²) in [7, 11) is 3.44. The Morgan fingerprint density at radius 2 is 2.00 bits per heavy atom. The lowest BCUT2D eigenvalue weighted by molar-refractivity contribution is 0.265. The quantitative estimate of drug-likeness (QED) is 0.486. The first-order valence-electron chi connectivity index (χ1n) is 5.07. The molecule has 0 amide bonds. The molecule has 0 heterocycles. The van der Waals surface area contributed by atoms with Crippen LogP contribution in [-0.2, 0) is 9.31 Å². The van der Waals surface area contributed by atoms with Gasteiger partial charge >= 0.3 is 7.12 Å². The molecular formula is C10H17BO2. The van der Waals surface area contributed by atoms with Crippen molar-refractivity contribution in [2.75, 3.05) is 14.2 Å². The van der Waals surface area contributed by atoms with Crippen molar-refractivity contribution in [1.82, 2.24) is 0 Å². The maximum absolute atomic E-state index is 5.22. The van der Waals surface area contributed by atoms with Crippen molar-refractivity contribution < 1.29 is 9.31 Å². The Bertz CT molecular complexity index is 201. The molecule has 0 N–H and O–H groups in total. The second kappa shape index (κ2) is 3.85. The monoisotopic (exact) mass is 180 g/mol. The summed E-state index contributed by atoms with van der Waals surface area (Å²) < 4.78 is 10.4. The molecule has 0 spiro atoms. The Kier molecular flexibility index (Phi) is 2.75. The summed E-state index contributed by atoms with van der Waals surface area (Å²) in [6.07, 6.45) is 8.50. The van der Waals surface area contributed by atoms with Gasteiger partial charge in [0.05, 0.1) is 0 Å². The highest BCUT2D eigenvalue weighted by molar-refractivity contribution is 6.44. The fourth-order valence-corrected chi connectivity index (χ4v) is 2.70. The lowest BCUT2D eigenvalue weighted by Crippen LogP contribution is -2.24. The third-order valence-electron chi connectivity index (χ3n) is 3.44. The van der Waals surface area contributed by atoms with E-state index in [-0.39, 0.29) is 7.12 Å². The molecule has 0 saturated heterocycles. The zero-order valence-electron chi connectivity index (χ0n) is 8.40. The smallest absolute Gasteiger partial charge is 0.414 e. The molecule has 2 rings (SSSR count). The van der Waals surface area contributed by atoms with Crippen LogP contribution in [0.25, 0.3) is 0 Å². The van der Waals surface area contributed by atoms with Gasteiger partial charge in [-0.05, 0) is 36.9 Å². The van der Waals surface area contributed by atoms with E-state index in [4.69, 9.17) is 9.31 Å². The molecule has 0 aromatic heterocycles. The van der Waals surface area contributed by atoms with Crippen LogP contribution in [0.5, 0.6) is 0 Å². The van der Waals surface area contributed by atoms with E-state index in [1.54, 1.807) is 14.2 Å². The highest BCUT2D eigenvalue weighted by Gasteiger charge is 2.38. The van der Waals surface area contributed by atoms with Gasteiger partial charge in [-0.2, -0.15) is 0 Å². The van der Waals surface area contributed by atoms with Crippen molar-refractivity contribution in [3.8, 4) is 0 Å². The van der Waals surface area contributed by atoms with Gasteiger partial charge in [-0.25, -0.2) is 0 Å². The van der Waals surface area contributed by atoms with E-state index in [2.05, 4.69) is 12.2 Å². The second-order valence-electron chi connectivity index (χ2n) is 4.18. The number of hydrogen-bond acceptors (Lipinski definition) is 2. The molecule has 2 aliphatic rings. The van der Waals surface area contributed by atoms with Crippen LogP contribution in [0.2, 0.25) is 6.32 Å². The van der Waals surface area contributed by atoms with Crippen molar-refractivity contribution in [2.24, 2.45) is 17.8 Å². The van der Waals surface area contributed by atoms with E-state index in [1.807, 2.05) is 0 Å². The third kappa shape index (κ3) is 1.81. The van der Waals surface area contributed by atoms with E-state index in [0.717, 1.165) is 24.1 Å². The van der Waals surface area contributed by atoms with Gasteiger partial charge in [0.1, 0.15) is 0 Å². The topological polar surface area (TPSA) is 18.5 Å². The van der Waals surface area contributed by atoms with Crippen molar-refractivity contribution in [3.05, 3.63) is 12.2 Å². The maximum atomic E-state index is 5.22. The number of allylic oxidation sites excluding steroid dienone is 2. The van der Waals surface area contributed by atoms with Gasteiger partial charge in [-0.15, -0.1) is 0 Å². The Balaban J connectivity index is 1.86. The van der Waals surface area contributed by atoms with Crippen molar-refractivity contribution in [1.29, 1.82) is 0 Å². The first-order valence-corrected chi connectivity index (χ1v) is 5.07. The zero-order valence-corrected chi connectivity index (χ0v) is 8.40. The molecule has 3 atom stereocenters. The Morgan fingerprint density at radius 1 is 1.23 bits per heavy atom. The molecule has 1 saturated carbocycles. The molecule has 1 fully saturated rings. The van der Waals surface area contributed by atoms with E-state index >= 15 is 0 Å². The normalized spacial score (nSPS) is 35.7. The maximum Gasteiger partial charge on any atom is 0.456 e. The molecule has 0 aromatic carbocycles. The summed E-state index contributed by atoms with van der Waals surface area (Å²) >= 11 is 0. The molecule has 3 unspecified atom stereocenters. The summed E-state index contributed by atoms with van der Waals surface area (Å²) in [4.78, 5) is 0. The van der Waals surface area contributed by atoms with Gasteiger partial charge in [0.25, 0.3) is 0 Å². The fraction of sp³-hybridized carbons (Fsp3) is 0.800. The van der Waals surface area contributed by atoms with Crippen LogP contribution in [0.15, 0.2) is 12.2 Å². The van der Waals surface area contributed by atoms with Crippen molar-refractivity contribution >= 4 is 7.12 Å². The summed E-state index contributed by atoms with van der Waals surface area (Å²) in [6, 6.07) is 0. The van der Waals surface area contributed by atoms with Crippen LogP contribution in [-0.4, -0.2) is 21.3 Å². The second-order valence-corrected chi connectivity index (χ2v) is 4.18. The van der Waals surface area contributed by atoms with Crippen molar-refractivity contribution in [3.63, 3.8) is 0 Å². The minimum atomic E-state index is -0.00208. The molecule has 0 radical (unpaired) electrons. The Hall–Kier alpha value is -0.275. The van der Waals surface area contributed by atoms with Gasteiger partial charge in [0.2, 0.25) is 0 Å². The lowest BCUT2D eigenvalue weighted by atomic mass is 9.73. The Labute approximate surface area is 80.4 Å². The predicted molar refractivity (Wildman–Crippen MR) is 53.4 cm³/mol. The van der Waals surface area contributed by atoms with Crippen LogP contribution in [0, 0.1) is 17.8 Å². The van der Waals surface area contributed by atoms with Crippen LogP contribution >= 0.6 is 0 Å². The minimum absolute atomic E-state index is 0.00208. The zero-order chi connectivity index (χ0) is 9.26. The average molecular weight is 180 g/mol. The largest absolute Gasteiger partial charge is 0.456 e. The molecular weight excluding hydrogens is 163 g/mol. The summed E-state index contributed by atoms with van der Waals surface area (Å²) in [5.74, 6) is 2.45. The average Bonchev–Trinajstić information content (AvgIpc) is 2.75.